The zero-order chi connectivity index (χ0) is 22.3. The molecule has 4 rings (SSSR count). The first-order chi connectivity index (χ1) is 15.7. The second kappa shape index (κ2) is 10.1. The molecular weight excluding hydrogens is 408 g/mol. The molecule has 0 radical (unpaired) electrons. The molecule has 0 unspecified atom stereocenters. The van der Waals surface area contributed by atoms with Crippen molar-refractivity contribution in [3.8, 4) is 11.8 Å². The van der Waals surface area contributed by atoms with Gasteiger partial charge in [-0.1, -0.05) is 13.3 Å². The molecule has 3 aromatic rings. The molecule has 1 aliphatic rings. The fourth-order valence-electron chi connectivity index (χ4n) is 3.76. The van der Waals surface area contributed by atoms with E-state index in [1.165, 1.54) is 6.20 Å². The molecule has 2 aromatic heterocycles. The van der Waals surface area contributed by atoms with Crippen LogP contribution in [-0.4, -0.2) is 53.4 Å². The Morgan fingerprint density at radius 1 is 1.34 bits per heavy atom. The number of carbonyl (C=O) groups is 1. The van der Waals surface area contributed by atoms with Crippen LogP contribution in [0.1, 0.15) is 35.7 Å². The SMILES string of the molecule is CCCc1cc(NC(=O)c2cnn3cccnc23)c(N2CCOCC2)cc1OCCC#N. The summed E-state index contributed by atoms with van der Waals surface area (Å²) in [4.78, 5) is 19.6. The molecule has 1 aromatic carbocycles. The van der Waals surface area contributed by atoms with Crippen LogP contribution < -0.4 is 15.0 Å². The van der Waals surface area contributed by atoms with E-state index in [2.05, 4.69) is 33.3 Å². The normalized spacial score (nSPS) is 13.7. The lowest BCUT2D eigenvalue weighted by Crippen LogP contribution is -2.37. The average molecular weight is 435 g/mol. The molecule has 0 atom stereocenters. The maximum atomic E-state index is 13.2. The number of hydrogen-bond donors (Lipinski definition) is 1. The molecular formula is C23H26N6O3. The highest BCUT2D eigenvalue weighted by Crippen LogP contribution is 2.36. The van der Waals surface area contributed by atoms with Crippen LogP contribution in [0.3, 0.4) is 0 Å². The van der Waals surface area contributed by atoms with E-state index in [4.69, 9.17) is 14.7 Å². The Morgan fingerprint density at radius 3 is 2.97 bits per heavy atom. The Morgan fingerprint density at radius 2 is 2.19 bits per heavy atom. The quantitative estimate of drug-likeness (QED) is 0.543. The number of nitrogens with zero attached hydrogens (tertiary/aromatic N) is 5. The second-order valence-corrected chi connectivity index (χ2v) is 7.48. The van der Waals surface area contributed by atoms with E-state index in [9.17, 15) is 4.79 Å². The maximum absolute atomic E-state index is 13.2. The van der Waals surface area contributed by atoms with Gasteiger partial charge in [-0.2, -0.15) is 10.4 Å². The fourth-order valence-corrected chi connectivity index (χ4v) is 3.76. The lowest BCUT2D eigenvalue weighted by molar-refractivity contribution is 0.102. The number of carbonyl (C=O) groups excluding carboxylic acids is 1. The third-order valence-corrected chi connectivity index (χ3v) is 5.29. The zero-order valence-electron chi connectivity index (χ0n) is 18.1. The van der Waals surface area contributed by atoms with Crippen molar-refractivity contribution in [1.82, 2.24) is 14.6 Å². The topological polar surface area (TPSA) is 105 Å². The van der Waals surface area contributed by atoms with Gasteiger partial charge >= 0.3 is 0 Å². The number of amides is 1. The highest BCUT2D eigenvalue weighted by Gasteiger charge is 2.21. The summed E-state index contributed by atoms with van der Waals surface area (Å²) in [5.74, 6) is 0.480. The van der Waals surface area contributed by atoms with Crippen molar-refractivity contribution >= 4 is 22.9 Å². The van der Waals surface area contributed by atoms with Gasteiger partial charge in [-0.15, -0.1) is 0 Å². The average Bonchev–Trinajstić information content (AvgIpc) is 3.25. The standard InChI is InChI=1S/C23H26N6O3/c1-2-5-17-14-19(27-23(30)18-16-26-29-8-4-7-25-22(18)29)20(28-9-12-31-13-10-28)15-21(17)32-11-3-6-24/h4,7-8,14-16H,2-3,5,9-13H2,1H3,(H,27,30). The van der Waals surface area contributed by atoms with Crippen LogP contribution in [-0.2, 0) is 11.2 Å². The number of aromatic nitrogens is 3. The molecule has 1 amide bonds. The monoisotopic (exact) mass is 434 g/mol. The summed E-state index contributed by atoms with van der Waals surface area (Å²) < 4.78 is 13.0. The minimum absolute atomic E-state index is 0.270. The van der Waals surface area contributed by atoms with E-state index in [1.54, 1.807) is 23.0 Å². The van der Waals surface area contributed by atoms with E-state index in [0.717, 1.165) is 29.8 Å². The van der Waals surface area contributed by atoms with Crippen LogP contribution in [0.4, 0.5) is 11.4 Å². The van der Waals surface area contributed by atoms with Crippen LogP contribution in [0.5, 0.6) is 5.75 Å². The van der Waals surface area contributed by atoms with Crippen molar-refractivity contribution in [2.75, 3.05) is 43.1 Å². The van der Waals surface area contributed by atoms with Crippen LogP contribution in [0.2, 0.25) is 0 Å². The number of nitrogens with one attached hydrogen (secondary N) is 1. The predicted molar refractivity (Wildman–Crippen MR) is 120 cm³/mol. The van der Waals surface area contributed by atoms with Crippen LogP contribution in [0.25, 0.3) is 5.65 Å². The van der Waals surface area contributed by atoms with Gasteiger partial charge in [0.15, 0.2) is 5.65 Å². The second-order valence-electron chi connectivity index (χ2n) is 7.48. The van der Waals surface area contributed by atoms with E-state index < -0.39 is 0 Å². The van der Waals surface area contributed by atoms with Crippen LogP contribution in [0, 0.1) is 11.3 Å². The molecule has 1 saturated heterocycles. The van der Waals surface area contributed by atoms with E-state index in [0.29, 0.717) is 56.2 Å². The summed E-state index contributed by atoms with van der Waals surface area (Å²) in [6.07, 6.45) is 6.96. The first-order valence-corrected chi connectivity index (χ1v) is 10.8. The summed E-state index contributed by atoms with van der Waals surface area (Å²) >= 11 is 0. The zero-order valence-corrected chi connectivity index (χ0v) is 18.1. The van der Waals surface area contributed by atoms with E-state index >= 15 is 0 Å². The van der Waals surface area contributed by atoms with Gasteiger partial charge in [0.2, 0.25) is 0 Å². The number of fused-ring (bicyclic) bond motifs is 1. The van der Waals surface area contributed by atoms with Gasteiger partial charge in [0.05, 0.1) is 43.3 Å². The Bertz CT molecular complexity index is 1130. The minimum atomic E-state index is -0.270. The first-order valence-electron chi connectivity index (χ1n) is 10.8. The summed E-state index contributed by atoms with van der Waals surface area (Å²) in [6, 6.07) is 7.83. The molecule has 1 fully saturated rings. The number of benzene rings is 1. The number of ether oxygens (including phenoxy) is 2. The van der Waals surface area contributed by atoms with Gasteiger partial charge in [-0.3, -0.25) is 4.79 Å². The van der Waals surface area contributed by atoms with Crippen molar-refractivity contribution in [3.63, 3.8) is 0 Å². The minimum Gasteiger partial charge on any atom is -0.492 e. The number of nitriles is 1. The van der Waals surface area contributed by atoms with E-state index in [-0.39, 0.29) is 5.91 Å². The summed E-state index contributed by atoms with van der Waals surface area (Å²) in [7, 11) is 0. The summed E-state index contributed by atoms with van der Waals surface area (Å²) in [6.45, 7) is 5.09. The molecule has 3 heterocycles. The number of hydrogen-bond acceptors (Lipinski definition) is 7. The number of aryl methyl sites for hydroxylation is 1. The fraction of sp³-hybridized carbons (Fsp3) is 0.391. The predicted octanol–water partition coefficient (Wildman–Crippen LogP) is 3.06. The number of morpholine rings is 1. The van der Waals surface area contributed by atoms with Gasteiger partial charge in [-0.05, 0) is 24.1 Å². The molecule has 0 spiro atoms. The van der Waals surface area contributed by atoms with Crippen molar-refractivity contribution in [2.24, 2.45) is 0 Å². The van der Waals surface area contributed by atoms with Crippen LogP contribution >= 0.6 is 0 Å². The van der Waals surface area contributed by atoms with Crippen molar-refractivity contribution in [3.05, 3.63) is 47.9 Å². The Hall–Kier alpha value is -3.64. The molecule has 0 saturated carbocycles. The molecule has 32 heavy (non-hydrogen) atoms. The molecule has 1 N–H and O–H groups in total. The molecule has 9 heteroatoms. The summed E-state index contributed by atoms with van der Waals surface area (Å²) in [5, 5.41) is 16.2. The molecule has 9 nitrogen and oxygen atoms in total. The Balaban J connectivity index is 1.70. The molecule has 0 bridgehead atoms. The molecule has 166 valence electrons. The number of rotatable bonds is 8. The molecule has 0 aliphatic carbocycles. The Kier molecular flexibility index (Phi) is 6.82. The van der Waals surface area contributed by atoms with E-state index in [1.807, 2.05) is 12.1 Å². The molecule has 1 aliphatic heterocycles. The first kappa shape index (κ1) is 21.6. The van der Waals surface area contributed by atoms with Crippen molar-refractivity contribution in [2.45, 2.75) is 26.2 Å². The third-order valence-electron chi connectivity index (χ3n) is 5.29. The lowest BCUT2D eigenvalue weighted by atomic mass is 10.1. The largest absolute Gasteiger partial charge is 0.492 e. The van der Waals surface area contributed by atoms with Crippen molar-refractivity contribution < 1.29 is 14.3 Å². The van der Waals surface area contributed by atoms with Gasteiger partial charge in [0, 0.05) is 31.5 Å². The summed E-state index contributed by atoms with van der Waals surface area (Å²) in [5.41, 5.74) is 3.49. The maximum Gasteiger partial charge on any atom is 0.261 e. The third kappa shape index (κ3) is 4.65. The van der Waals surface area contributed by atoms with Crippen molar-refractivity contribution in [1.29, 1.82) is 5.26 Å². The van der Waals surface area contributed by atoms with Gasteiger partial charge in [0.1, 0.15) is 17.9 Å². The van der Waals surface area contributed by atoms with Gasteiger partial charge in [-0.25, -0.2) is 9.50 Å². The highest BCUT2D eigenvalue weighted by atomic mass is 16.5. The van der Waals surface area contributed by atoms with Gasteiger partial charge < -0.3 is 19.7 Å². The number of anilines is 2. The Labute approximate surface area is 186 Å². The smallest absolute Gasteiger partial charge is 0.261 e. The lowest BCUT2D eigenvalue weighted by Gasteiger charge is -2.31. The highest BCUT2D eigenvalue weighted by molar-refractivity contribution is 6.09. The van der Waals surface area contributed by atoms with Gasteiger partial charge in [0.25, 0.3) is 5.91 Å². The van der Waals surface area contributed by atoms with Crippen LogP contribution in [0.15, 0.2) is 36.8 Å².